The molecule has 0 radical (unpaired) electrons. The molecular weight excluding hydrogens is 316 g/mol. The first-order valence-corrected chi connectivity index (χ1v) is 8.97. The lowest BCUT2D eigenvalue weighted by Crippen LogP contribution is -2.50. The van der Waals surface area contributed by atoms with E-state index in [-0.39, 0.29) is 6.03 Å². The summed E-state index contributed by atoms with van der Waals surface area (Å²) in [5, 5.41) is 6.61. The molecule has 1 aliphatic rings. The Labute approximate surface area is 148 Å². The van der Waals surface area contributed by atoms with Crippen LogP contribution >= 0.6 is 0 Å². The number of aromatic nitrogens is 1. The number of para-hydroxylation sites is 1. The van der Waals surface area contributed by atoms with E-state index in [1.54, 1.807) is 13.0 Å². The van der Waals surface area contributed by atoms with Crippen molar-refractivity contribution >= 4 is 17.5 Å². The normalized spacial score (nSPS) is 14.7. The van der Waals surface area contributed by atoms with Crippen molar-refractivity contribution in [1.29, 1.82) is 0 Å². The summed E-state index contributed by atoms with van der Waals surface area (Å²) in [6, 6.07) is 8.16. The highest BCUT2D eigenvalue weighted by atomic mass is 16.5. The molecule has 3 rings (SSSR count). The molecule has 2 heterocycles. The standard InChI is InChI=1S/C19H26N4O2/c1-4-15-7-6-8-16(5-2)18(15)22-9-11-23(12-10-22)19(24)20-17-13-14(3)25-21-17/h6-8,13H,4-5,9-12H2,1-3H3,(H,20,21,24). The van der Waals surface area contributed by atoms with Crippen molar-refractivity contribution in [3.8, 4) is 0 Å². The highest BCUT2D eigenvalue weighted by Crippen LogP contribution is 2.28. The van der Waals surface area contributed by atoms with Gasteiger partial charge in [-0.05, 0) is 30.9 Å². The first-order chi connectivity index (χ1) is 12.1. The van der Waals surface area contributed by atoms with Crippen molar-refractivity contribution in [1.82, 2.24) is 10.1 Å². The van der Waals surface area contributed by atoms with Crippen LogP contribution in [0, 0.1) is 6.92 Å². The molecule has 0 atom stereocenters. The Bertz CT molecular complexity index is 711. The number of amides is 2. The number of anilines is 2. The van der Waals surface area contributed by atoms with Crippen LogP contribution in [0.5, 0.6) is 0 Å². The number of carbonyl (C=O) groups excluding carboxylic acids is 1. The number of benzene rings is 1. The van der Waals surface area contributed by atoms with Gasteiger partial charge in [0.15, 0.2) is 5.82 Å². The van der Waals surface area contributed by atoms with Crippen LogP contribution in [0.25, 0.3) is 0 Å². The molecule has 0 saturated carbocycles. The molecule has 1 N–H and O–H groups in total. The molecule has 1 saturated heterocycles. The van der Waals surface area contributed by atoms with E-state index in [0.717, 1.165) is 25.9 Å². The molecule has 0 aliphatic carbocycles. The smallest absolute Gasteiger partial charge is 0.323 e. The average Bonchev–Trinajstić information content (AvgIpc) is 3.05. The molecule has 25 heavy (non-hydrogen) atoms. The van der Waals surface area contributed by atoms with E-state index < -0.39 is 0 Å². The third-order valence-corrected chi connectivity index (χ3v) is 4.71. The van der Waals surface area contributed by atoms with E-state index in [9.17, 15) is 4.79 Å². The second-order valence-corrected chi connectivity index (χ2v) is 6.36. The van der Waals surface area contributed by atoms with Crippen molar-refractivity contribution in [2.45, 2.75) is 33.6 Å². The molecule has 1 aliphatic heterocycles. The summed E-state index contributed by atoms with van der Waals surface area (Å²) in [4.78, 5) is 16.6. The Morgan fingerprint density at radius 1 is 1.16 bits per heavy atom. The fourth-order valence-electron chi connectivity index (χ4n) is 3.37. The Kier molecular flexibility index (Phi) is 5.26. The number of nitrogens with zero attached hydrogens (tertiary/aromatic N) is 3. The molecule has 1 aromatic heterocycles. The molecule has 2 amide bonds. The fourth-order valence-corrected chi connectivity index (χ4v) is 3.37. The zero-order valence-electron chi connectivity index (χ0n) is 15.2. The molecule has 2 aromatic rings. The van der Waals surface area contributed by atoms with Crippen LogP contribution in [0.2, 0.25) is 0 Å². The lowest BCUT2D eigenvalue weighted by molar-refractivity contribution is 0.208. The Balaban J connectivity index is 1.65. The third kappa shape index (κ3) is 3.78. The van der Waals surface area contributed by atoms with E-state index >= 15 is 0 Å². The number of rotatable bonds is 4. The van der Waals surface area contributed by atoms with Gasteiger partial charge in [0.25, 0.3) is 0 Å². The minimum Gasteiger partial charge on any atom is -0.368 e. The number of urea groups is 1. The molecule has 0 bridgehead atoms. The molecule has 1 fully saturated rings. The summed E-state index contributed by atoms with van der Waals surface area (Å²) >= 11 is 0. The van der Waals surface area contributed by atoms with E-state index in [0.29, 0.717) is 24.7 Å². The van der Waals surface area contributed by atoms with Crippen LogP contribution < -0.4 is 10.2 Å². The van der Waals surface area contributed by atoms with Crippen molar-refractivity contribution in [3.63, 3.8) is 0 Å². The van der Waals surface area contributed by atoms with Crippen LogP contribution in [0.3, 0.4) is 0 Å². The van der Waals surface area contributed by atoms with Crippen molar-refractivity contribution in [2.75, 3.05) is 36.4 Å². The van der Waals surface area contributed by atoms with Crippen LogP contribution in [0.4, 0.5) is 16.3 Å². The summed E-state index contributed by atoms with van der Waals surface area (Å²) in [6.07, 6.45) is 2.05. The summed E-state index contributed by atoms with van der Waals surface area (Å²) in [6.45, 7) is 9.28. The molecule has 0 spiro atoms. The molecular formula is C19H26N4O2. The summed E-state index contributed by atoms with van der Waals surface area (Å²) < 4.78 is 4.99. The van der Waals surface area contributed by atoms with Crippen LogP contribution in [-0.4, -0.2) is 42.3 Å². The van der Waals surface area contributed by atoms with Gasteiger partial charge in [0, 0.05) is 37.9 Å². The predicted molar refractivity (Wildman–Crippen MR) is 99.2 cm³/mol. The largest absolute Gasteiger partial charge is 0.368 e. The number of hydrogen-bond donors (Lipinski definition) is 1. The van der Waals surface area contributed by atoms with Gasteiger partial charge < -0.3 is 14.3 Å². The molecule has 134 valence electrons. The number of piperazine rings is 1. The van der Waals surface area contributed by atoms with Gasteiger partial charge in [-0.15, -0.1) is 0 Å². The van der Waals surface area contributed by atoms with Crippen molar-refractivity contribution in [3.05, 3.63) is 41.2 Å². The minimum absolute atomic E-state index is 0.118. The van der Waals surface area contributed by atoms with Gasteiger partial charge >= 0.3 is 6.03 Å². The zero-order chi connectivity index (χ0) is 17.8. The van der Waals surface area contributed by atoms with Gasteiger partial charge in [-0.25, -0.2) is 4.79 Å². The first-order valence-electron chi connectivity index (χ1n) is 8.97. The number of nitrogens with one attached hydrogen (secondary N) is 1. The lowest BCUT2D eigenvalue weighted by Gasteiger charge is -2.37. The maximum Gasteiger partial charge on any atom is 0.323 e. The van der Waals surface area contributed by atoms with Gasteiger partial charge in [-0.2, -0.15) is 0 Å². The highest BCUT2D eigenvalue weighted by molar-refractivity contribution is 5.88. The van der Waals surface area contributed by atoms with Gasteiger partial charge in [0.1, 0.15) is 5.76 Å². The maximum atomic E-state index is 12.4. The molecule has 6 heteroatoms. The predicted octanol–water partition coefficient (Wildman–Crippen LogP) is 3.46. The van der Waals surface area contributed by atoms with Crippen molar-refractivity contribution < 1.29 is 9.32 Å². The van der Waals surface area contributed by atoms with Gasteiger partial charge in [-0.1, -0.05) is 37.2 Å². The Morgan fingerprint density at radius 3 is 2.32 bits per heavy atom. The van der Waals surface area contributed by atoms with Gasteiger partial charge in [0.05, 0.1) is 0 Å². The third-order valence-electron chi connectivity index (χ3n) is 4.71. The highest BCUT2D eigenvalue weighted by Gasteiger charge is 2.24. The average molecular weight is 342 g/mol. The number of hydrogen-bond acceptors (Lipinski definition) is 4. The topological polar surface area (TPSA) is 61.6 Å². The fraction of sp³-hybridized carbons (Fsp3) is 0.474. The summed E-state index contributed by atoms with van der Waals surface area (Å²) in [5.74, 6) is 1.15. The van der Waals surface area contributed by atoms with E-state index in [1.807, 2.05) is 4.90 Å². The summed E-state index contributed by atoms with van der Waals surface area (Å²) in [7, 11) is 0. The van der Waals surface area contributed by atoms with Gasteiger partial charge in [-0.3, -0.25) is 5.32 Å². The Morgan fingerprint density at radius 2 is 1.80 bits per heavy atom. The van der Waals surface area contributed by atoms with E-state index in [1.165, 1.54) is 16.8 Å². The maximum absolute atomic E-state index is 12.4. The van der Waals surface area contributed by atoms with Crippen molar-refractivity contribution in [2.24, 2.45) is 0 Å². The number of aryl methyl sites for hydroxylation is 3. The van der Waals surface area contributed by atoms with E-state index in [4.69, 9.17) is 4.52 Å². The summed E-state index contributed by atoms with van der Waals surface area (Å²) in [5.41, 5.74) is 4.13. The molecule has 6 nitrogen and oxygen atoms in total. The quantitative estimate of drug-likeness (QED) is 0.924. The number of carbonyl (C=O) groups is 1. The second-order valence-electron chi connectivity index (χ2n) is 6.36. The molecule has 0 unspecified atom stereocenters. The lowest BCUT2D eigenvalue weighted by atomic mass is 10.0. The van der Waals surface area contributed by atoms with Gasteiger partial charge in [0.2, 0.25) is 0 Å². The SMILES string of the molecule is CCc1cccc(CC)c1N1CCN(C(=O)Nc2cc(C)on2)CC1. The first kappa shape index (κ1) is 17.3. The zero-order valence-corrected chi connectivity index (χ0v) is 15.2. The molecule has 1 aromatic carbocycles. The second kappa shape index (κ2) is 7.59. The van der Waals surface area contributed by atoms with Crippen LogP contribution in [0.15, 0.2) is 28.8 Å². The van der Waals surface area contributed by atoms with Crippen LogP contribution in [0.1, 0.15) is 30.7 Å². The van der Waals surface area contributed by atoms with E-state index in [2.05, 4.69) is 47.4 Å². The Hall–Kier alpha value is -2.50. The van der Waals surface area contributed by atoms with Crippen LogP contribution in [-0.2, 0) is 12.8 Å². The monoisotopic (exact) mass is 342 g/mol. The minimum atomic E-state index is -0.118.